The summed E-state index contributed by atoms with van der Waals surface area (Å²) in [6, 6.07) is 14.9. The van der Waals surface area contributed by atoms with Crippen molar-refractivity contribution in [1.82, 2.24) is 0 Å². The summed E-state index contributed by atoms with van der Waals surface area (Å²) >= 11 is 0. The van der Waals surface area contributed by atoms with Crippen LogP contribution < -0.4 is 0 Å². The summed E-state index contributed by atoms with van der Waals surface area (Å²) in [6.07, 6.45) is 0. The highest BCUT2D eigenvalue weighted by atomic mass is 32.2. The van der Waals surface area contributed by atoms with Crippen LogP contribution in [0.5, 0.6) is 0 Å². The molecule has 23 heavy (non-hydrogen) atoms. The molecule has 0 fully saturated rings. The van der Waals surface area contributed by atoms with Gasteiger partial charge in [-0.3, -0.25) is 4.79 Å². The topological polar surface area (TPSA) is 34.1 Å². The van der Waals surface area contributed by atoms with Gasteiger partial charge in [0, 0.05) is 21.4 Å². The molecule has 0 spiro atoms. The predicted molar refractivity (Wildman–Crippen MR) is 95.8 cm³/mol. The predicted octanol–water partition coefficient (Wildman–Crippen LogP) is 4.79. The molecular weight excluding hydrogens is 304 g/mol. The Hall–Kier alpha value is -2.00. The van der Waals surface area contributed by atoms with E-state index in [-0.39, 0.29) is 5.78 Å². The van der Waals surface area contributed by atoms with Crippen molar-refractivity contribution < 1.29 is 9.00 Å². The molecule has 120 valence electrons. The fraction of sp³-hybridized carbons (Fsp3) is 0.250. The average molecular weight is 326 g/mol. The van der Waals surface area contributed by atoms with Crippen LogP contribution in [0.2, 0.25) is 0 Å². The van der Waals surface area contributed by atoms with E-state index in [0.717, 1.165) is 10.5 Å². The highest BCUT2D eigenvalue weighted by Crippen LogP contribution is 2.30. The molecule has 0 bridgehead atoms. The highest BCUT2D eigenvalue weighted by Gasteiger charge is 2.26. The average Bonchev–Trinajstić information content (AvgIpc) is 2.52. The smallest absolute Gasteiger partial charge is 0.168 e. The van der Waals surface area contributed by atoms with E-state index in [2.05, 4.69) is 6.58 Å². The Morgan fingerprint density at radius 1 is 1.00 bits per heavy atom. The molecule has 0 N–H and O–H groups in total. The largest absolute Gasteiger partial charge is 0.294 e. The maximum Gasteiger partial charge on any atom is 0.168 e. The molecule has 2 aromatic carbocycles. The first-order chi connectivity index (χ1) is 10.7. The molecule has 2 aromatic rings. The molecule has 0 radical (unpaired) electrons. The number of benzene rings is 2. The second-order valence-corrected chi connectivity index (χ2v) is 8.08. The van der Waals surface area contributed by atoms with Crippen LogP contribution in [0.15, 0.2) is 64.9 Å². The summed E-state index contributed by atoms with van der Waals surface area (Å²) in [7, 11) is -1.34. The van der Waals surface area contributed by atoms with Gasteiger partial charge >= 0.3 is 0 Å². The SMILES string of the molecule is C=C(C(=O)C(C)(C)C)c1ccccc1[S@@](=O)c1ccc(C)cc1. The number of Topliss-reactive ketones (excluding diaryl/α,β-unsaturated/α-hetero) is 1. The van der Waals surface area contributed by atoms with Gasteiger partial charge in [-0.15, -0.1) is 0 Å². The molecule has 2 nitrogen and oxygen atoms in total. The molecule has 0 amide bonds. The van der Waals surface area contributed by atoms with Crippen LogP contribution in [-0.2, 0) is 15.6 Å². The van der Waals surface area contributed by atoms with Crippen molar-refractivity contribution in [3.05, 3.63) is 66.2 Å². The van der Waals surface area contributed by atoms with E-state index in [0.29, 0.717) is 16.0 Å². The van der Waals surface area contributed by atoms with Crippen molar-refractivity contribution in [3.8, 4) is 0 Å². The first-order valence-electron chi connectivity index (χ1n) is 7.53. The lowest BCUT2D eigenvalue weighted by Gasteiger charge is -2.19. The van der Waals surface area contributed by atoms with Gasteiger partial charge < -0.3 is 0 Å². The van der Waals surface area contributed by atoms with Crippen molar-refractivity contribution in [2.45, 2.75) is 37.5 Å². The standard InChI is InChI=1S/C20H22O2S/c1-14-10-12-16(13-11-14)23(22)18-9-7-6-8-17(18)15(2)19(21)20(3,4)5/h6-13H,2H2,1,3-5H3/t23-/m0/s1. The van der Waals surface area contributed by atoms with E-state index < -0.39 is 16.2 Å². The first kappa shape index (κ1) is 17.4. The van der Waals surface area contributed by atoms with Gasteiger partial charge in [0.05, 0.1) is 15.7 Å². The lowest BCUT2D eigenvalue weighted by Crippen LogP contribution is -2.21. The van der Waals surface area contributed by atoms with Gasteiger partial charge in [-0.05, 0) is 25.1 Å². The number of carbonyl (C=O) groups is 1. The fourth-order valence-corrected chi connectivity index (χ4v) is 3.47. The molecule has 0 saturated heterocycles. The van der Waals surface area contributed by atoms with Crippen molar-refractivity contribution in [3.63, 3.8) is 0 Å². The Bertz CT molecular complexity index is 765. The van der Waals surface area contributed by atoms with Crippen LogP contribution in [-0.4, -0.2) is 9.99 Å². The van der Waals surface area contributed by atoms with Crippen molar-refractivity contribution >= 4 is 22.2 Å². The molecule has 0 aliphatic heterocycles. The van der Waals surface area contributed by atoms with Crippen molar-refractivity contribution in [1.29, 1.82) is 0 Å². The van der Waals surface area contributed by atoms with Crippen LogP contribution in [0.3, 0.4) is 0 Å². The van der Waals surface area contributed by atoms with Crippen LogP contribution in [0, 0.1) is 12.3 Å². The highest BCUT2D eigenvalue weighted by molar-refractivity contribution is 7.85. The number of carbonyl (C=O) groups excluding carboxylic acids is 1. The van der Waals surface area contributed by atoms with Gasteiger partial charge in [0.25, 0.3) is 0 Å². The molecule has 1 atom stereocenters. The quantitative estimate of drug-likeness (QED) is 0.757. The van der Waals surface area contributed by atoms with Gasteiger partial charge in [0.2, 0.25) is 0 Å². The Morgan fingerprint density at radius 3 is 2.13 bits per heavy atom. The Labute approximate surface area is 140 Å². The maximum absolute atomic E-state index is 12.9. The van der Waals surface area contributed by atoms with Gasteiger partial charge in [-0.25, -0.2) is 4.21 Å². The second-order valence-electron chi connectivity index (χ2n) is 6.64. The van der Waals surface area contributed by atoms with Crippen LogP contribution in [0.4, 0.5) is 0 Å². The normalized spacial score (nSPS) is 12.7. The Balaban J connectivity index is 2.45. The third-order valence-corrected chi connectivity index (χ3v) is 5.06. The van der Waals surface area contributed by atoms with Crippen LogP contribution in [0.25, 0.3) is 5.57 Å². The fourth-order valence-electron chi connectivity index (χ4n) is 2.24. The van der Waals surface area contributed by atoms with E-state index in [4.69, 9.17) is 0 Å². The Morgan fingerprint density at radius 2 is 1.57 bits per heavy atom. The Kier molecular flexibility index (Phi) is 5.00. The first-order valence-corrected chi connectivity index (χ1v) is 8.68. The number of ketones is 1. The van der Waals surface area contributed by atoms with Crippen molar-refractivity contribution in [2.75, 3.05) is 0 Å². The van der Waals surface area contributed by atoms with Gasteiger partial charge in [-0.1, -0.05) is 63.2 Å². The molecule has 0 aliphatic carbocycles. The second kappa shape index (κ2) is 6.63. The summed E-state index contributed by atoms with van der Waals surface area (Å²) in [5.41, 5.74) is 1.67. The van der Waals surface area contributed by atoms with Crippen LogP contribution in [0.1, 0.15) is 31.9 Å². The number of rotatable bonds is 4. The lowest BCUT2D eigenvalue weighted by atomic mass is 9.84. The van der Waals surface area contributed by atoms with E-state index in [9.17, 15) is 9.00 Å². The molecule has 3 heteroatoms. The zero-order chi connectivity index (χ0) is 17.2. The monoisotopic (exact) mass is 326 g/mol. The van der Waals surface area contributed by atoms with Crippen LogP contribution >= 0.6 is 0 Å². The molecule has 2 rings (SSSR count). The summed E-state index contributed by atoms with van der Waals surface area (Å²) in [5.74, 6) is -0.0362. The zero-order valence-corrected chi connectivity index (χ0v) is 14.9. The van der Waals surface area contributed by atoms with Crippen molar-refractivity contribution in [2.24, 2.45) is 5.41 Å². The molecule has 0 saturated carbocycles. The third-order valence-electron chi connectivity index (χ3n) is 3.60. The molecule has 0 heterocycles. The van der Waals surface area contributed by atoms with E-state index in [1.165, 1.54) is 0 Å². The summed E-state index contributed by atoms with van der Waals surface area (Å²) in [4.78, 5) is 13.9. The molecule has 0 aromatic heterocycles. The van der Waals surface area contributed by atoms with E-state index >= 15 is 0 Å². The minimum absolute atomic E-state index is 0.0362. The van der Waals surface area contributed by atoms with E-state index in [1.54, 1.807) is 6.07 Å². The summed E-state index contributed by atoms with van der Waals surface area (Å²) in [6.45, 7) is 11.5. The maximum atomic E-state index is 12.9. The number of allylic oxidation sites excluding steroid dienone is 1. The lowest BCUT2D eigenvalue weighted by molar-refractivity contribution is -0.120. The minimum Gasteiger partial charge on any atom is -0.294 e. The molecule has 0 aliphatic rings. The molecule has 0 unspecified atom stereocenters. The zero-order valence-electron chi connectivity index (χ0n) is 14.1. The third kappa shape index (κ3) is 3.85. The summed E-state index contributed by atoms with van der Waals surface area (Å²) in [5, 5.41) is 0. The van der Waals surface area contributed by atoms with Gasteiger partial charge in [-0.2, -0.15) is 0 Å². The summed E-state index contributed by atoms with van der Waals surface area (Å²) < 4.78 is 12.9. The van der Waals surface area contributed by atoms with E-state index in [1.807, 2.05) is 70.2 Å². The van der Waals surface area contributed by atoms with Gasteiger partial charge in [0.1, 0.15) is 0 Å². The van der Waals surface area contributed by atoms with Gasteiger partial charge in [0.15, 0.2) is 5.78 Å². The number of hydrogen-bond acceptors (Lipinski definition) is 2. The number of hydrogen-bond donors (Lipinski definition) is 0. The molecular formula is C20H22O2S. The number of aryl methyl sites for hydroxylation is 1. The minimum atomic E-state index is -1.34.